The Hall–Kier alpha value is -1.58. The molecule has 0 heterocycles. The molecule has 3 rings (SSSR count). The number of hydrogen-bond acceptors (Lipinski definition) is 1. The van der Waals surface area contributed by atoms with Gasteiger partial charge in [0, 0.05) is 22.1 Å². The lowest BCUT2D eigenvalue weighted by atomic mass is 10.1. The number of nitrogens with one attached hydrogen (secondary N) is 1. The van der Waals surface area contributed by atoms with Crippen molar-refractivity contribution in [2.45, 2.75) is 6.54 Å². The first kappa shape index (κ1) is 14.4. The molecule has 4 heteroatoms. The van der Waals surface area contributed by atoms with Crippen molar-refractivity contribution in [3.8, 4) is 0 Å². The van der Waals surface area contributed by atoms with Crippen LogP contribution in [-0.4, -0.2) is 0 Å². The summed E-state index contributed by atoms with van der Waals surface area (Å²) in [6, 6.07) is 17.0. The van der Waals surface area contributed by atoms with Crippen molar-refractivity contribution < 1.29 is 4.39 Å². The summed E-state index contributed by atoms with van der Waals surface area (Å²) >= 11 is 9.36. The van der Waals surface area contributed by atoms with E-state index in [1.165, 1.54) is 6.07 Å². The molecule has 106 valence electrons. The molecular formula is C17H12BrClFN. The number of benzene rings is 3. The third-order valence-corrected chi connectivity index (χ3v) is 4.32. The molecule has 21 heavy (non-hydrogen) atoms. The van der Waals surface area contributed by atoms with E-state index in [0.717, 1.165) is 26.5 Å². The van der Waals surface area contributed by atoms with Crippen LogP contribution in [0.3, 0.4) is 0 Å². The number of anilines is 1. The van der Waals surface area contributed by atoms with E-state index in [2.05, 4.69) is 33.4 Å². The second-order valence-electron chi connectivity index (χ2n) is 4.74. The van der Waals surface area contributed by atoms with Gasteiger partial charge in [-0.15, -0.1) is 0 Å². The van der Waals surface area contributed by atoms with Crippen LogP contribution in [0.15, 0.2) is 59.1 Å². The zero-order valence-corrected chi connectivity index (χ0v) is 13.4. The molecule has 3 aromatic rings. The zero-order chi connectivity index (χ0) is 14.8. The van der Waals surface area contributed by atoms with Crippen LogP contribution in [-0.2, 0) is 6.54 Å². The Bertz CT molecular complexity index is 804. The molecule has 0 saturated carbocycles. The lowest BCUT2D eigenvalue weighted by Crippen LogP contribution is -2.00. The molecule has 0 aliphatic rings. The smallest absolute Gasteiger partial charge is 0.141 e. The molecule has 1 nitrogen and oxygen atoms in total. The number of fused-ring (bicyclic) bond motifs is 1. The van der Waals surface area contributed by atoms with Crippen LogP contribution in [0.5, 0.6) is 0 Å². The molecule has 0 aliphatic carbocycles. The number of halogens is 3. The highest BCUT2D eigenvalue weighted by atomic mass is 79.9. The molecule has 1 N–H and O–H groups in total. The van der Waals surface area contributed by atoms with E-state index < -0.39 is 5.82 Å². The Balaban J connectivity index is 1.88. The predicted molar refractivity (Wildman–Crippen MR) is 90.4 cm³/mol. The van der Waals surface area contributed by atoms with Crippen molar-refractivity contribution in [3.63, 3.8) is 0 Å². The van der Waals surface area contributed by atoms with E-state index in [1.807, 2.05) is 24.3 Å². The fraction of sp³-hybridized carbons (Fsp3) is 0.0588. The van der Waals surface area contributed by atoms with E-state index in [9.17, 15) is 4.39 Å². The average molecular weight is 365 g/mol. The van der Waals surface area contributed by atoms with Crippen LogP contribution in [0.2, 0.25) is 5.02 Å². The molecule has 0 amide bonds. The highest BCUT2D eigenvalue weighted by Crippen LogP contribution is 2.30. The van der Waals surface area contributed by atoms with Gasteiger partial charge in [0.1, 0.15) is 5.82 Å². The summed E-state index contributed by atoms with van der Waals surface area (Å²) in [5.41, 5.74) is 1.97. The maximum atomic E-state index is 13.2. The van der Waals surface area contributed by atoms with Crippen molar-refractivity contribution in [2.75, 3.05) is 5.32 Å². The molecular weight excluding hydrogens is 353 g/mol. The van der Waals surface area contributed by atoms with Crippen molar-refractivity contribution in [1.82, 2.24) is 0 Å². The predicted octanol–water partition coefficient (Wildman–Crippen LogP) is 6.01. The first-order chi connectivity index (χ1) is 10.1. The maximum Gasteiger partial charge on any atom is 0.141 e. The minimum absolute atomic E-state index is 0.148. The SMILES string of the molecule is Fc1ccc(CNc2ccc(Br)c3ccccc23)cc1Cl. The lowest BCUT2D eigenvalue weighted by Gasteiger charge is -2.11. The fourth-order valence-corrected chi connectivity index (χ4v) is 2.94. The molecule has 0 spiro atoms. The summed E-state index contributed by atoms with van der Waals surface area (Å²) in [4.78, 5) is 0. The molecule has 3 aromatic carbocycles. The Morgan fingerprint density at radius 3 is 2.52 bits per heavy atom. The van der Waals surface area contributed by atoms with Crippen molar-refractivity contribution >= 4 is 44.0 Å². The van der Waals surface area contributed by atoms with Gasteiger partial charge in [-0.1, -0.05) is 57.9 Å². The quantitative estimate of drug-likeness (QED) is 0.600. The van der Waals surface area contributed by atoms with E-state index >= 15 is 0 Å². The van der Waals surface area contributed by atoms with Crippen molar-refractivity contribution in [2.24, 2.45) is 0 Å². The molecule has 0 aliphatic heterocycles. The Morgan fingerprint density at radius 2 is 1.76 bits per heavy atom. The molecule has 0 atom stereocenters. The zero-order valence-electron chi connectivity index (χ0n) is 11.0. The Kier molecular flexibility index (Phi) is 4.13. The molecule has 0 fully saturated rings. The van der Waals surface area contributed by atoms with Gasteiger partial charge in [-0.3, -0.25) is 0 Å². The molecule has 0 saturated heterocycles. The fourth-order valence-electron chi connectivity index (χ4n) is 2.26. The second kappa shape index (κ2) is 6.04. The van der Waals surface area contributed by atoms with Crippen LogP contribution < -0.4 is 5.32 Å². The molecule has 0 radical (unpaired) electrons. The highest BCUT2D eigenvalue weighted by Gasteiger charge is 2.05. The van der Waals surface area contributed by atoms with Gasteiger partial charge in [-0.05, 0) is 35.2 Å². The van der Waals surface area contributed by atoms with Gasteiger partial charge in [0.2, 0.25) is 0 Å². The van der Waals surface area contributed by atoms with Gasteiger partial charge >= 0.3 is 0 Å². The standard InChI is InChI=1S/C17H12BrClFN/c18-14-6-8-17(13-4-2-1-3-12(13)14)21-10-11-5-7-16(20)15(19)9-11/h1-9,21H,10H2. The lowest BCUT2D eigenvalue weighted by molar-refractivity contribution is 0.627. The van der Waals surface area contributed by atoms with Gasteiger partial charge in [0.15, 0.2) is 0 Å². The monoisotopic (exact) mass is 363 g/mol. The van der Waals surface area contributed by atoms with Crippen LogP contribution in [0.1, 0.15) is 5.56 Å². The summed E-state index contributed by atoms with van der Waals surface area (Å²) in [6.07, 6.45) is 0. The number of hydrogen-bond donors (Lipinski definition) is 1. The first-order valence-electron chi connectivity index (χ1n) is 6.50. The van der Waals surface area contributed by atoms with Crippen LogP contribution in [0.25, 0.3) is 10.8 Å². The largest absolute Gasteiger partial charge is 0.380 e. The van der Waals surface area contributed by atoms with Gasteiger partial charge in [0.05, 0.1) is 5.02 Å². The summed E-state index contributed by atoms with van der Waals surface area (Å²) in [5.74, 6) is -0.394. The van der Waals surface area contributed by atoms with Crippen LogP contribution in [0.4, 0.5) is 10.1 Å². The number of rotatable bonds is 3. The van der Waals surface area contributed by atoms with E-state index in [4.69, 9.17) is 11.6 Å². The van der Waals surface area contributed by atoms with E-state index in [1.54, 1.807) is 12.1 Å². The first-order valence-corrected chi connectivity index (χ1v) is 7.67. The summed E-state index contributed by atoms with van der Waals surface area (Å²) in [7, 11) is 0. The molecule has 0 aromatic heterocycles. The summed E-state index contributed by atoms with van der Waals surface area (Å²) in [6.45, 7) is 0.589. The van der Waals surface area contributed by atoms with Crippen LogP contribution >= 0.6 is 27.5 Å². The van der Waals surface area contributed by atoms with E-state index in [0.29, 0.717) is 6.54 Å². The highest BCUT2D eigenvalue weighted by molar-refractivity contribution is 9.10. The third kappa shape index (κ3) is 3.04. The Labute approximate surface area is 135 Å². The molecule has 0 bridgehead atoms. The van der Waals surface area contributed by atoms with Gasteiger partial charge < -0.3 is 5.32 Å². The van der Waals surface area contributed by atoms with Crippen molar-refractivity contribution in [3.05, 3.63) is 75.5 Å². The second-order valence-corrected chi connectivity index (χ2v) is 6.00. The maximum absolute atomic E-state index is 13.2. The van der Waals surface area contributed by atoms with Gasteiger partial charge in [-0.25, -0.2) is 4.39 Å². The summed E-state index contributed by atoms with van der Waals surface area (Å²) in [5, 5.41) is 5.82. The van der Waals surface area contributed by atoms with Gasteiger partial charge in [0.25, 0.3) is 0 Å². The Morgan fingerprint density at radius 1 is 1.00 bits per heavy atom. The third-order valence-electron chi connectivity index (χ3n) is 3.34. The normalized spacial score (nSPS) is 10.8. The minimum Gasteiger partial charge on any atom is -0.380 e. The van der Waals surface area contributed by atoms with Gasteiger partial charge in [-0.2, -0.15) is 0 Å². The summed E-state index contributed by atoms with van der Waals surface area (Å²) < 4.78 is 14.2. The van der Waals surface area contributed by atoms with E-state index in [-0.39, 0.29) is 5.02 Å². The minimum atomic E-state index is -0.394. The molecule has 0 unspecified atom stereocenters. The average Bonchev–Trinajstić information content (AvgIpc) is 2.50. The van der Waals surface area contributed by atoms with Crippen molar-refractivity contribution in [1.29, 1.82) is 0 Å². The topological polar surface area (TPSA) is 12.0 Å². The van der Waals surface area contributed by atoms with Crippen LogP contribution in [0, 0.1) is 5.82 Å².